The predicted octanol–water partition coefficient (Wildman–Crippen LogP) is 5.73. The number of carbonyl (C=O) groups excluding carboxylic acids is 1. The minimum Gasteiger partial charge on any atom is -0.497 e. The zero-order valence-corrected chi connectivity index (χ0v) is 26.3. The zero-order valence-electron chi connectivity index (χ0n) is 25.5. The van der Waals surface area contributed by atoms with Crippen molar-refractivity contribution in [2.45, 2.75) is 26.8 Å². The molecular weight excluding hydrogens is 606 g/mol. The molecule has 0 unspecified atom stereocenters. The molecule has 11 heteroatoms. The van der Waals surface area contributed by atoms with Gasteiger partial charge in [0.1, 0.15) is 17.3 Å². The number of aromatic nitrogens is 1. The van der Waals surface area contributed by atoms with Crippen LogP contribution in [0, 0.1) is 24.0 Å². The first kappa shape index (κ1) is 30.5. The van der Waals surface area contributed by atoms with Crippen molar-refractivity contribution in [1.29, 1.82) is 0 Å². The number of nitro benzene ring substituents is 1. The summed E-state index contributed by atoms with van der Waals surface area (Å²) >= 11 is 1.17. The summed E-state index contributed by atoms with van der Waals surface area (Å²) in [5, 5.41) is 11.6. The first-order chi connectivity index (χ1) is 22.2. The Morgan fingerprint density at radius 1 is 1.07 bits per heavy atom. The molecular formula is C35H29N3O7S. The van der Waals surface area contributed by atoms with Crippen molar-refractivity contribution in [3.8, 4) is 17.1 Å². The lowest BCUT2D eigenvalue weighted by atomic mass is 9.93. The lowest BCUT2D eigenvalue weighted by molar-refractivity contribution is -0.385. The number of nitro groups is 1. The van der Waals surface area contributed by atoms with Crippen LogP contribution in [-0.4, -0.2) is 29.2 Å². The van der Waals surface area contributed by atoms with Gasteiger partial charge in [-0.2, -0.15) is 0 Å². The van der Waals surface area contributed by atoms with E-state index in [-0.39, 0.29) is 23.4 Å². The third-order valence-electron chi connectivity index (χ3n) is 7.80. The van der Waals surface area contributed by atoms with Gasteiger partial charge < -0.3 is 13.9 Å². The van der Waals surface area contributed by atoms with Gasteiger partial charge in [0, 0.05) is 28.8 Å². The number of benzene rings is 3. The molecule has 3 heterocycles. The highest BCUT2D eigenvalue weighted by molar-refractivity contribution is 7.07. The molecule has 0 bridgehead atoms. The van der Waals surface area contributed by atoms with Crippen LogP contribution in [0.2, 0.25) is 0 Å². The number of ether oxygens (including phenoxy) is 2. The molecule has 2 aromatic heterocycles. The third kappa shape index (κ3) is 5.56. The Labute approximate surface area is 267 Å². The molecule has 1 atom stereocenters. The van der Waals surface area contributed by atoms with Crippen LogP contribution in [0.3, 0.4) is 0 Å². The van der Waals surface area contributed by atoms with Crippen molar-refractivity contribution >= 4 is 34.8 Å². The van der Waals surface area contributed by atoms with E-state index < -0.39 is 16.9 Å². The molecule has 46 heavy (non-hydrogen) atoms. The molecule has 10 nitrogen and oxygen atoms in total. The Morgan fingerprint density at radius 2 is 1.85 bits per heavy atom. The van der Waals surface area contributed by atoms with Crippen molar-refractivity contribution < 1.29 is 23.6 Å². The topological polar surface area (TPSA) is 126 Å². The van der Waals surface area contributed by atoms with Crippen LogP contribution >= 0.6 is 11.3 Å². The summed E-state index contributed by atoms with van der Waals surface area (Å²) in [7, 11) is 1.55. The molecule has 6 rings (SSSR count). The van der Waals surface area contributed by atoms with Crippen molar-refractivity contribution in [1.82, 2.24) is 4.57 Å². The quantitative estimate of drug-likeness (QED) is 0.121. The van der Waals surface area contributed by atoms with Gasteiger partial charge in [0.05, 0.1) is 40.5 Å². The van der Waals surface area contributed by atoms with Crippen LogP contribution in [0.1, 0.15) is 41.0 Å². The van der Waals surface area contributed by atoms with E-state index in [1.54, 1.807) is 57.4 Å². The van der Waals surface area contributed by atoms with Crippen LogP contribution in [0.25, 0.3) is 23.1 Å². The molecule has 3 aromatic carbocycles. The van der Waals surface area contributed by atoms with E-state index in [4.69, 9.17) is 18.9 Å². The van der Waals surface area contributed by atoms with Crippen molar-refractivity contribution in [2.24, 2.45) is 4.99 Å². The molecule has 0 radical (unpaired) electrons. The number of hydrogen-bond donors (Lipinski definition) is 0. The fraction of sp³-hybridized carbons (Fsp3) is 0.171. The Kier molecular flexibility index (Phi) is 8.25. The number of hydrogen-bond acceptors (Lipinski definition) is 9. The molecule has 1 aliphatic rings. The maximum atomic E-state index is 14.2. The summed E-state index contributed by atoms with van der Waals surface area (Å²) in [5.41, 5.74) is 3.54. The summed E-state index contributed by atoms with van der Waals surface area (Å²) in [6, 6.07) is 22.4. The smallest absolute Gasteiger partial charge is 0.338 e. The molecule has 0 N–H and O–H groups in total. The fourth-order valence-corrected chi connectivity index (χ4v) is 6.44. The normalized spacial score (nSPS) is 14.5. The predicted molar refractivity (Wildman–Crippen MR) is 174 cm³/mol. The van der Waals surface area contributed by atoms with Crippen LogP contribution in [0.5, 0.6) is 5.75 Å². The average Bonchev–Trinajstić information content (AvgIpc) is 3.65. The van der Waals surface area contributed by atoms with Gasteiger partial charge in [-0.1, -0.05) is 53.8 Å². The lowest BCUT2D eigenvalue weighted by Crippen LogP contribution is -2.40. The third-order valence-corrected chi connectivity index (χ3v) is 8.79. The summed E-state index contributed by atoms with van der Waals surface area (Å²) < 4.78 is 18.9. The van der Waals surface area contributed by atoms with Crippen molar-refractivity contribution in [3.63, 3.8) is 0 Å². The first-order valence-corrected chi connectivity index (χ1v) is 15.3. The Bertz CT molecular complexity index is 2210. The van der Waals surface area contributed by atoms with Crippen LogP contribution in [0.4, 0.5) is 5.69 Å². The highest BCUT2D eigenvalue weighted by Gasteiger charge is 2.35. The Balaban J connectivity index is 1.54. The number of rotatable bonds is 8. The number of esters is 1. The number of nitrogens with zero attached hydrogens (tertiary/aromatic N) is 3. The molecule has 0 spiro atoms. The van der Waals surface area contributed by atoms with E-state index >= 15 is 0 Å². The average molecular weight is 636 g/mol. The number of fused-ring (bicyclic) bond motifs is 1. The number of thiazole rings is 1. The van der Waals surface area contributed by atoms with Gasteiger partial charge >= 0.3 is 5.97 Å². The lowest BCUT2D eigenvalue weighted by Gasteiger charge is -2.26. The van der Waals surface area contributed by atoms with Gasteiger partial charge in [0.15, 0.2) is 4.80 Å². The highest BCUT2D eigenvalue weighted by atomic mass is 32.1. The second kappa shape index (κ2) is 12.4. The Morgan fingerprint density at radius 3 is 2.57 bits per heavy atom. The second-order valence-corrected chi connectivity index (χ2v) is 11.6. The van der Waals surface area contributed by atoms with Gasteiger partial charge in [-0.3, -0.25) is 19.5 Å². The van der Waals surface area contributed by atoms with Crippen molar-refractivity contribution in [3.05, 3.63) is 142 Å². The van der Waals surface area contributed by atoms with Crippen LogP contribution in [0.15, 0.2) is 98.6 Å². The van der Waals surface area contributed by atoms with E-state index in [0.717, 1.165) is 5.56 Å². The zero-order chi connectivity index (χ0) is 32.5. The van der Waals surface area contributed by atoms with Crippen molar-refractivity contribution in [2.75, 3.05) is 13.7 Å². The summed E-state index contributed by atoms with van der Waals surface area (Å²) in [4.78, 5) is 44.2. The number of methoxy groups -OCH3 is 1. The molecule has 0 fully saturated rings. The van der Waals surface area contributed by atoms with Crippen LogP contribution in [-0.2, 0) is 9.53 Å². The van der Waals surface area contributed by atoms with Gasteiger partial charge in [-0.25, -0.2) is 9.79 Å². The summed E-state index contributed by atoms with van der Waals surface area (Å²) in [6.07, 6.45) is 1.61. The molecule has 232 valence electrons. The number of furan rings is 1. The molecule has 0 amide bonds. The Hall–Kier alpha value is -5.55. The van der Waals surface area contributed by atoms with E-state index in [9.17, 15) is 19.7 Å². The summed E-state index contributed by atoms with van der Waals surface area (Å²) in [5.74, 6) is 0.795. The minimum atomic E-state index is -0.856. The SMILES string of the molecule is CCOC(=O)C1=C(c2ccccc2)N=c2s/c(=C\c3ccc(-c4cc(C)c(C)c([N+](=O)[O-])c4)o3)c(=O)n2[C@@H]1c1cccc(OC)c1. The maximum absolute atomic E-state index is 14.2. The molecule has 0 aliphatic carbocycles. The first-order valence-electron chi connectivity index (χ1n) is 14.5. The van der Waals surface area contributed by atoms with E-state index in [1.807, 2.05) is 49.4 Å². The number of aryl methyl sites for hydroxylation is 1. The van der Waals surface area contributed by atoms with E-state index in [2.05, 4.69) is 0 Å². The van der Waals surface area contributed by atoms with Gasteiger partial charge in [-0.05, 0) is 62.2 Å². The largest absolute Gasteiger partial charge is 0.497 e. The van der Waals surface area contributed by atoms with Gasteiger partial charge in [0.25, 0.3) is 11.2 Å². The molecule has 0 saturated carbocycles. The van der Waals surface area contributed by atoms with E-state index in [0.29, 0.717) is 54.6 Å². The standard InChI is InChI=1S/C35H29N3O7S/c1-5-44-34(40)30-31(22-10-7-6-8-11-22)36-35-37(32(30)23-12-9-13-25(17-23)43-4)33(39)29(46-35)19-26-14-15-28(45-26)24-16-20(2)21(3)27(18-24)38(41)42/h6-19,32H,5H2,1-4H3/b29-19-/t32-/m1/s1. The highest BCUT2D eigenvalue weighted by Crippen LogP contribution is 2.36. The molecule has 0 saturated heterocycles. The fourth-order valence-electron chi connectivity index (χ4n) is 5.45. The number of carbonyl (C=O) groups is 1. The molecule has 1 aliphatic heterocycles. The maximum Gasteiger partial charge on any atom is 0.338 e. The monoisotopic (exact) mass is 635 g/mol. The second-order valence-electron chi connectivity index (χ2n) is 10.6. The van der Waals surface area contributed by atoms with Gasteiger partial charge in [-0.15, -0.1) is 0 Å². The van der Waals surface area contributed by atoms with Crippen LogP contribution < -0.4 is 19.6 Å². The van der Waals surface area contributed by atoms with E-state index in [1.165, 1.54) is 22.0 Å². The molecule has 5 aromatic rings. The summed E-state index contributed by atoms with van der Waals surface area (Å²) in [6.45, 7) is 5.39. The van der Waals surface area contributed by atoms with Gasteiger partial charge in [0.2, 0.25) is 0 Å². The minimum absolute atomic E-state index is 0.00502.